The van der Waals surface area contributed by atoms with Crippen molar-refractivity contribution >= 4 is 17.3 Å². The highest BCUT2D eigenvalue weighted by Crippen LogP contribution is 2.30. The lowest BCUT2D eigenvalue weighted by Crippen LogP contribution is -2.10. The smallest absolute Gasteiger partial charge is 0.244 e. The number of pyridine rings is 1. The average molecular weight is 277 g/mol. The summed E-state index contributed by atoms with van der Waals surface area (Å²) in [7, 11) is 0. The van der Waals surface area contributed by atoms with Crippen LogP contribution in [0.4, 0.5) is 5.69 Å². The van der Waals surface area contributed by atoms with Crippen LogP contribution < -0.4 is 10.5 Å². The Labute approximate surface area is 118 Å². The van der Waals surface area contributed by atoms with Crippen LogP contribution in [0.1, 0.15) is 26.3 Å². The molecule has 2 rings (SSSR count). The first-order chi connectivity index (χ1) is 8.86. The highest BCUT2D eigenvalue weighted by molar-refractivity contribution is 6.29. The number of ether oxygens (including phenoxy) is 1. The van der Waals surface area contributed by atoms with E-state index >= 15 is 0 Å². The van der Waals surface area contributed by atoms with Gasteiger partial charge in [0.05, 0.1) is 5.69 Å². The van der Waals surface area contributed by atoms with E-state index in [1.165, 1.54) is 5.56 Å². The first kappa shape index (κ1) is 13.7. The Kier molecular flexibility index (Phi) is 3.67. The molecule has 0 bridgehead atoms. The molecule has 100 valence electrons. The minimum atomic E-state index is 0.0622. The number of hydrogen-bond acceptors (Lipinski definition) is 3. The van der Waals surface area contributed by atoms with Crippen LogP contribution in [0.3, 0.4) is 0 Å². The standard InChI is InChI=1S/C15H17ClN2O/c1-15(2,3)10-5-4-6-11(9-10)19-14-12(17)7-8-13(16)18-14/h4-9H,17H2,1-3H3. The molecule has 2 aromatic rings. The van der Waals surface area contributed by atoms with Crippen molar-refractivity contribution in [2.75, 3.05) is 5.73 Å². The largest absolute Gasteiger partial charge is 0.437 e. The molecule has 1 aromatic carbocycles. The third kappa shape index (κ3) is 3.38. The van der Waals surface area contributed by atoms with E-state index < -0.39 is 0 Å². The molecule has 0 spiro atoms. The van der Waals surface area contributed by atoms with E-state index in [-0.39, 0.29) is 5.41 Å². The molecule has 0 radical (unpaired) electrons. The second kappa shape index (κ2) is 5.10. The number of nitrogen functional groups attached to an aromatic ring is 1. The molecule has 0 aliphatic rings. The summed E-state index contributed by atoms with van der Waals surface area (Å²) in [5.74, 6) is 1.03. The second-order valence-electron chi connectivity index (χ2n) is 5.41. The van der Waals surface area contributed by atoms with Crippen molar-refractivity contribution in [3.63, 3.8) is 0 Å². The molecule has 19 heavy (non-hydrogen) atoms. The van der Waals surface area contributed by atoms with Crippen LogP contribution in [0.15, 0.2) is 36.4 Å². The summed E-state index contributed by atoms with van der Waals surface area (Å²) in [6.45, 7) is 6.45. The third-order valence-electron chi connectivity index (χ3n) is 2.77. The van der Waals surface area contributed by atoms with Gasteiger partial charge >= 0.3 is 0 Å². The fourth-order valence-corrected chi connectivity index (χ4v) is 1.79. The van der Waals surface area contributed by atoms with Gasteiger partial charge in [-0.25, -0.2) is 0 Å². The maximum absolute atomic E-state index is 5.84. The van der Waals surface area contributed by atoms with E-state index in [1.807, 2.05) is 18.2 Å². The lowest BCUT2D eigenvalue weighted by Gasteiger charge is -2.19. The topological polar surface area (TPSA) is 48.1 Å². The van der Waals surface area contributed by atoms with E-state index in [4.69, 9.17) is 22.1 Å². The highest BCUT2D eigenvalue weighted by atomic mass is 35.5. The van der Waals surface area contributed by atoms with Crippen molar-refractivity contribution in [2.24, 2.45) is 0 Å². The molecular formula is C15H17ClN2O. The van der Waals surface area contributed by atoms with Crippen LogP contribution in [0.5, 0.6) is 11.6 Å². The van der Waals surface area contributed by atoms with Crippen LogP contribution in [0.25, 0.3) is 0 Å². The lowest BCUT2D eigenvalue weighted by atomic mass is 9.87. The predicted octanol–water partition coefficient (Wildman–Crippen LogP) is 4.41. The molecule has 0 aliphatic carbocycles. The predicted molar refractivity (Wildman–Crippen MR) is 78.9 cm³/mol. The van der Waals surface area contributed by atoms with Gasteiger partial charge in [0, 0.05) is 0 Å². The van der Waals surface area contributed by atoms with Crippen molar-refractivity contribution in [3.8, 4) is 11.6 Å². The van der Waals surface area contributed by atoms with Gasteiger partial charge in [-0.2, -0.15) is 4.98 Å². The van der Waals surface area contributed by atoms with Gasteiger partial charge in [0.2, 0.25) is 5.88 Å². The van der Waals surface area contributed by atoms with Crippen molar-refractivity contribution in [1.29, 1.82) is 0 Å². The van der Waals surface area contributed by atoms with Gasteiger partial charge in [-0.15, -0.1) is 0 Å². The van der Waals surface area contributed by atoms with Crippen molar-refractivity contribution < 1.29 is 4.74 Å². The summed E-state index contributed by atoms with van der Waals surface area (Å²) in [6, 6.07) is 11.2. The molecule has 0 saturated heterocycles. The summed E-state index contributed by atoms with van der Waals surface area (Å²) in [4.78, 5) is 4.08. The summed E-state index contributed by atoms with van der Waals surface area (Å²) < 4.78 is 5.71. The Hall–Kier alpha value is -1.74. The molecule has 0 aliphatic heterocycles. The maximum Gasteiger partial charge on any atom is 0.244 e. The number of benzene rings is 1. The monoisotopic (exact) mass is 276 g/mol. The van der Waals surface area contributed by atoms with Gasteiger partial charge in [-0.3, -0.25) is 0 Å². The third-order valence-corrected chi connectivity index (χ3v) is 2.98. The molecule has 0 amide bonds. The minimum absolute atomic E-state index is 0.0622. The first-order valence-corrected chi connectivity index (χ1v) is 6.44. The Morgan fingerprint density at radius 3 is 2.58 bits per heavy atom. The van der Waals surface area contributed by atoms with Crippen LogP contribution in [0.2, 0.25) is 5.15 Å². The summed E-state index contributed by atoms with van der Waals surface area (Å²) in [5, 5.41) is 0.358. The average Bonchev–Trinajstić information content (AvgIpc) is 2.33. The van der Waals surface area contributed by atoms with Gasteiger partial charge in [-0.1, -0.05) is 44.5 Å². The quantitative estimate of drug-likeness (QED) is 0.827. The maximum atomic E-state index is 5.84. The van der Waals surface area contributed by atoms with Crippen molar-refractivity contribution in [3.05, 3.63) is 47.1 Å². The first-order valence-electron chi connectivity index (χ1n) is 6.07. The highest BCUT2D eigenvalue weighted by Gasteiger charge is 2.14. The molecule has 2 N–H and O–H groups in total. The molecule has 0 unspecified atom stereocenters. The van der Waals surface area contributed by atoms with Gasteiger partial charge in [-0.05, 0) is 35.2 Å². The summed E-state index contributed by atoms with van der Waals surface area (Å²) in [5.41, 5.74) is 7.53. The summed E-state index contributed by atoms with van der Waals surface area (Å²) >= 11 is 5.84. The second-order valence-corrected chi connectivity index (χ2v) is 5.80. The Morgan fingerprint density at radius 1 is 1.16 bits per heavy atom. The molecule has 1 heterocycles. The fraction of sp³-hybridized carbons (Fsp3) is 0.267. The Morgan fingerprint density at radius 2 is 1.89 bits per heavy atom. The van der Waals surface area contributed by atoms with Gasteiger partial charge in [0.15, 0.2) is 0 Å². The van der Waals surface area contributed by atoms with Crippen LogP contribution >= 0.6 is 11.6 Å². The number of hydrogen-bond donors (Lipinski definition) is 1. The number of rotatable bonds is 2. The molecule has 4 heteroatoms. The number of nitrogens with two attached hydrogens (primary N) is 1. The normalized spacial score (nSPS) is 11.4. The fourth-order valence-electron chi connectivity index (χ4n) is 1.65. The minimum Gasteiger partial charge on any atom is -0.437 e. The zero-order valence-corrected chi connectivity index (χ0v) is 12.0. The number of aromatic nitrogens is 1. The molecule has 0 saturated carbocycles. The lowest BCUT2D eigenvalue weighted by molar-refractivity contribution is 0.462. The van der Waals surface area contributed by atoms with Gasteiger partial charge < -0.3 is 10.5 Å². The number of nitrogens with zero attached hydrogens (tertiary/aromatic N) is 1. The zero-order chi connectivity index (χ0) is 14.0. The molecule has 1 aromatic heterocycles. The molecule has 3 nitrogen and oxygen atoms in total. The van der Waals surface area contributed by atoms with Crippen LogP contribution in [-0.2, 0) is 5.41 Å². The van der Waals surface area contributed by atoms with E-state index in [0.29, 0.717) is 22.5 Å². The van der Waals surface area contributed by atoms with E-state index in [9.17, 15) is 0 Å². The molecule has 0 fully saturated rings. The van der Waals surface area contributed by atoms with E-state index in [1.54, 1.807) is 12.1 Å². The Bertz CT molecular complexity index is 591. The Balaban J connectivity index is 2.31. The zero-order valence-electron chi connectivity index (χ0n) is 11.3. The SMILES string of the molecule is CC(C)(C)c1cccc(Oc2nc(Cl)ccc2N)c1. The van der Waals surface area contributed by atoms with E-state index in [2.05, 4.69) is 31.8 Å². The molecular weight excluding hydrogens is 260 g/mol. The molecule has 0 atom stereocenters. The van der Waals surface area contributed by atoms with Crippen molar-refractivity contribution in [2.45, 2.75) is 26.2 Å². The summed E-state index contributed by atoms with van der Waals surface area (Å²) in [6.07, 6.45) is 0. The van der Waals surface area contributed by atoms with Gasteiger partial charge in [0.1, 0.15) is 10.9 Å². The van der Waals surface area contributed by atoms with Crippen LogP contribution in [-0.4, -0.2) is 4.98 Å². The van der Waals surface area contributed by atoms with E-state index in [0.717, 1.165) is 0 Å². The van der Waals surface area contributed by atoms with Crippen molar-refractivity contribution in [1.82, 2.24) is 4.98 Å². The van der Waals surface area contributed by atoms with Gasteiger partial charge in [0.25, 0.3) is 0 Å². The van der Waals surface area contributed by atoms with Crippen LogP contribution in [0, 0.1) is 0 Å². The number of anilines is 1. The number of halogens is 1.